The van der Waals surface area contributed by atoms with E-state index in [9.17, 15) is 0 Å². The van der Waals surface area contributed by atoms with E-state index in [0.29, 0.717) is 0 Å². The van der Waals surface area contributed by atoms with Gasteiger partial charge in [-0.15, -0.1) is 0 Å². The lowest BCUT2D eigenvalue weighted by molar-refractivity contribution is -0.0492. The number of rotatable bonds is 5. The summed E-state index contributed by atoms with van der Waals surface area (Å²) in [6.45, 7) is 2.04. The van der Waals surface area contributed by atoms with Crippen LogP contribution in [-0.2, 0) is 9.47 Å². The summed E-state index contributed by atoms with van der Waals surface area (Å²) >= 11 is 0. The third-order valence-corrected chi connectivity index (χ3v) is 2.74. The molecule has 2 radical (unpaired) electrons. The molecular formula is C10H14O3Si. The van der Waals surface area contributed by atoms with Gasteiger partial charge in [-0.05, 0) is 19.1 Å². The van der Waals surface area contributed by atoms with Crippen molar-refractivity contribution in [3.05, 3.63) is 29.8 Å². The van der Waals surface area contributed by atoms with Gasteiger partial charge in [-0.2, -0.15) is 0 Å². The van der Waals surface area contributed by atoms with Crippen LogP contribution in [0.15, 0.2) is 24.3 Å². The highest BCUT2D eigenvalue weighted by Gasteiger charge is 2.09. The van der Waals surface area contributed by atoms with E-state index in [2.05, 4.69) is 0 Å². The molecule has 0 bridgehead atoms. The molecule has 0 unspecified atom stereocenters. The Morgan fingerprint density at radius 2 is 1.64 bits per heavy atom. The number of aryl methyl sites for hydroxylation is 1. The topological polar surface area (TPSA) is 27.7 Å². The van der Waals surface area contributed by atoms with Crippen LogP contribution in [0.3, 0.4) is 0 Å². The van der Waals surface area contributed by atoms with Crippen molar-refractivity contribution in [3.8, 4) is 5.75 Å². The Labute approximate surface area is 86.9 Å². The minimum atomic E-state index is -0.281. The van der Waals surface area contributed by atoms with Crippen molar-refractivity contribution >= 4 is 9.76 Å². The summed E-state index contributed by atoms with van der Waals surface area (Å²) in [5.41, 5.74) is 1.22. The van der Waals surface area contributed by atoms with Crippen molar-refractivity contribution in [3.63, 3.8) is 0 Å². The number of ether oxygens (including phenoxy) is 2. The van der Waals surface area contributed by atoms with Crippen LogP contribution < -0.4 is 4.43 Å². The molecule has 0 aromatic heterocycles. The maximum absolute atomic E-state index is 5.48. The van der Waals surface area contributed by atoms with E-state index in [4.69, 9.17) is 13.9 Å². The van der Waals surface area contributed by atoms with Crippen LogP contribution >= 0.6 is 0 Å². The second-order valence-electron chi connectivity index (χ2n) is 2.84. The van der Waals surface area contributed by atoms with Crippen LogP contribution in [0.5, 0.6) is 5.75 Å². The average molecular weight is 210 g/mol. The molecular weight excluding hydrogens is 196 g/mol. The van der Waals surface area contributed by atoms with Gasteiger partial charge in [0.15, 0.2) is 5.91 Å². The highest BCUT2D eigenvalue weighted by molar-refractivity contribution is 6.29. The number of methoxy groups -OCH3 is 2. The van der Waals surface area contributed by atoms with Crippen LogP contribution in [-0.4, -0.2) is 29.9 Å². The fourth-order valence-electron chi connectivity index (χ4n) is 0.915. The first-order valence-corrected chi connectivity index (χ1v) is 5.29. The van der Waals surface area contributed by atoms with Crippen molar-refractivity contribution in [2.24, 2.45) is 0 Å². The molecule has 0 saturated carbocycles. The molecule has 3 nitrogen and oxygen atoms in total. The smallest absolute Gasteiger partial charge is 0.376 e. The molecule has 0 aliphatic carbocycles. The Hall–Kier alpha value is -0.843. The van der Waals surface area contributed by atoms with Gasteiger partial charge < -0.3 is 13.9 Å². The first-order valence-electron chi connectivity index (χ1n) is 4.31. The SMILES string of the molecule is COC(OC)[Si]Oc1ccc(C)cc1. The quantitative estimate of drug-likeness (QED) is 0.545. The van der Waals surface area contributed by atoms with Crippen molar-refractivity contribution in [1.82, 2.24) is 0 Å². The lowest BCUT2D eigenvalue weighted by atomic mass is 10.2. The van der Waals surface area contributed by atoms with Crippen LogP contribution in [0.2, 0.25) is 0 Å². The fourth-order valence-corrected chi connectivity index (χ4v) is 1.48. The third-order valence-electron chi connectivity index (χ3n) is 1.72. The molecule has 0 atom stereocenters. The normalized spacial score (nSPS) is 10.6. The van der Waals surface area contributed by atoms with E-state index >= 15 is 0 Å². The lowest BCUT2D eigenvalue weighted by Crippen LogP contribution is -2.25. The van der Waals surface area contributed by atoms with E-state index < -0.39 is 0 Å². The van der Waals surface area contributed by atoms with Crippen LogP contribution in [0, 0.1) is 6.92 Å². The lowest BCUT2D eigenvalue weighted by Gasteiger charge is -2.12. The van der Waals surface area contributed by atoms with Gasteiger partial charge >= 0.3 is 9.76 Å². The summed E-state index contributed by atoms with van der Waals surface area (Å²) in [4.78, 5) is 0. The molecule has 4 heteroatoms. The average Bonchev–Trinajstić information content (AvgIpc) is 2.22. The molecule has 0 aliphatic heterocycles. The van der Waals surface area contributed by atoms with Gasteiger partial charge in [0.25, 0.3) is 0 Å². The molecule has 1 aromatic carbocycles. The molecule has 1 aromatic rings. The molecule has 0 amide bonds. The van der Waals surface area contributed by atoms with Gasteiger partial charge in [-0.3, -0.25) is 0 Å². The number of hydrogen-bond donors (Lipinski definition) is 0. The Morgan fingerprint density at radius 1 is 1.07 bits per heavy atom. The first-order chi connectivity index (χ1) is 6.76. The predicted octanol–water partition coefficient (Wildman–Crippen LogP) is 1.57. The molecule has 0 aliphatic rings. The van der Waals surface area contributed by atoms with E-state index in [0.717, 1.165) is 5.75 Å². The first kappa shape index (κ1) is 11.2. The minimum absolute atomic E-state index is 0.153. The molecule has 0 heterocycles. The zero-order chi connectivity index (χ0) is 10.4. The van der Waals surface area contributed by atoms with Crippen LogP contribution in [0.4, 0.5) is 0 Å². The van der Waals surface area contributed by atoms with Gasteiger partial charge in [-0.1, -0.05) is 17.7 Å². The molecule has 0 spiro atoms. The van der Waals surface area contributed by atoms with Gasteiger partial charge in [0.05, 0.1) is 0 Å². The molecule has 0 N–H and O–H groups in total. The summed E-state index contributed by atoms with van der Waals surface area (Å²) in [5, 5.41) is 0. The van der Waals surface area contributed by atoms with E-state index in [1.807, 2.05) is 31.2 Å². The summed E-state index contributed by atoms with van der Waals surface area (Å²) in [7, 11) is 3.35. The minimum Gasteiger partial charge on any atom is -0.535 e. The second-order valence-corrected chi connectivity index (χ2v) is 3.75. The Bertz CT molecular complexity index is 257. The predicted molar refractivity (Wildman–Crippen MR) is 55.4 cm³/mol. The van der Waals surface area contributed by atoms with Crippen LogP contribution in [0.1, 0.15) is 5.56 Å². The standard InChI is InChI=1S/C10H14O3Si/c1-8-4-6-9(7-5-8)13-14-10(11-2)12-3/h4-7,10H,1-3H3. The van der Waals surface area contributed by atoms with Gasteiger partial charge in [0.1, 0.15) is 5.75 Å². The van der Waals surface area contributed by atoms with Gasteiger partial charge in [-0.25, -0.2) is 0 Å². The summed E-state index contributed by atoms with van der Waals surface area (Å²) in [6, 6.07) is 7.89. The number of hydrogen-bond acceptors (Lipinski definition) is 3. The maximum atomic E-state index is 5.48. The summed E-state index contributed by atoms with van der Waals surface area (Å²) < 4.78 is 15.5. The largest absolute Gasteiger partial charge is 0.535 e. The van der Waals surface area contributed by atoms with Crippen molar-refractivity contribution in [2.75, 3.05) is 14.2 Å². The molecule has 0 saturated heterocycles. The molecule has 14 heavy (non-hydrogen) atoms. The molecule has 1 rings (SSSR count). The summed E-state index contributed by atoms with van der Waals surface area (Å²) in [6.07, 6.45) is 0. The monoisotopic (exact) mass is 210 g/mol. The Morgan fingerprint density at radius 3 is 2.14 bits per heavy atom. The van der Waals surface area contributed by atoms with Crippen molar-refractivity contribution in [1.29, 1.82) is 0 Å². The molecule has 0 fully saturated rings. The van der Waals surface area contributed by atoms with Gasteiger partial charge in [0.2, 0.25) is 0 Å². The van der Waals surface area contributed by atoms with Gasteiger partial charge in [0, 0.05) is 14.2 Å². The highest BCUT2D eigenvalue weighted by atomic mass is 28.2. The zero-order valence-electron chi connectivity index (χ0n) is 8.61. The van der Waals surface area contributed by atoms with Crippen LogP contribution in [0.25, 0.3) is 0 Å². The Balaban J connectivity index is 2.41. The van der Waals surface area contributed by atoms with E-state index in [1.165, 1.54) is 5.56 Å². The zero-order valence-corrected chi connectivity index (χ0v) is 9.61. The van der Waals surface area contributed by atoms with Crippen molar-refractivity contribution < 1.29 is 13.9 Å². The Kier molecular flexibility index (Phi) is 4.65. The second kappa shape index (κ2) is 5.80. The summed E-state index contributed by atoms with van der Waals surface area (Å²) in [5.74, 6) is 0.560. The van der Waals surface area contributed by atoms with E-state index in [1.54, 1.807) is 14.2 Å². The maximum Gasteiger partial charge on any atom is 0.376 e. The third kappa shape index (κ3) is 3.49. The molecule has 76 valence electrons. The fraction of sp³-hybridized carbons (Fsp3) is 0.400. The van der Waals surface area contributed by atoms with Crippen molar-refractivity contribution in [2.45, 2.75) is 12.8 Å². The highest BCUT2D eigenvalue weighted by Crippen LogP contribution is 2.11. The van der Waals surface area contributed by atoms with E-state index in [-0.39, 0.29) is 15.7 Å². The number of benzene rings is 1.